The molecule has 1 saturated carbocycles. The maximum Gasteiger partial charge on any atom is 0.331 e. The molecule has 5 nitrogen and oxygen atoms in total. The molecule has 0 unspecified atom stereocenters. The molecule has 1 aliphatic heterocycles. The van der Waals surface area contributed by atoms with E-state index in [0.717, 1.165) is 30.8 Å². The van der Waals surface area contributed by atoms with E-state index < -0.39 is 30.2 Å². The molecule has 2 rings (SSSR count). The Hall–Kier alpha value is -1.72. The molecule has 0 amide bonds. The van der Waals surface area contributed by atoms with Crippen molar-refractivity contribution in [3.63, 3.8) is 0 Å². The summed E-state index contributed by atoms with van der Waals surface area (Å²) in [5.74, 6) is -0.204. The number of hydrogen-bond donors (Lipinski definition) is 1. The van der Waals surface area contributed by atoms with Crippen molar-refractivity contribution in [3.8, 4) is 0 Å². The molecule has 5 atom stereocenters. The van der Waals surface area contributed by atoms with E-state index in [0.29, 0.717) is 12.8 Å². The van der Waals surface area contributed by atoms with Crippen molar-refractivity contribution in [3.05, 3.63) is 36.0 Å². The third-order valence-corrected chi connectivity index (χ3v) is 7.17. The number of carbonyl (C=O) groups excluding carboxylic acids is 2. The summed E-state index contributed by atoms with van der Waals surface area (Å²) in [6, 6.07) is 0. The van der Waals surface area contributed by atoms with E-state index in [-0.39, 0.29) is 11.7 Å². The molecule has 1 N–H and O–H groups in total. The molecule has 1 fully saturated rings. The first-order valence-electron chi connectivity index (χ1n) is 12.8. The van der Waals surface area contributed by atoms with Gasteiger partial charge >= 0.3 is 5.97 Å². The van der Waals surface area contributed by atoms with Crippen LogP contribution < -0.4 is 0 Å². The van der Waals surface area contributed by atoms with Crippen LogP contribution in [0.2, 0.25) is 0 Å². The molecule has 2 aliphatic rings. The number of rotatable bonds is 7. The van der Waals surface area contributed by atoms with Crippen LogP contribution in [0, 0.1) is 17.8 Å². The van der Waals surface area contributed by atoms with Gasteiger partial charge < -0.3 is 14.6 Å². The normalized spacial score (nSPS) is 29.1. The third-order valence-electron chi connectivity index (χ3n) is 7.17. The molecule has 0 radical (unpaired) electrons. The minimum atomic E-state index is -0.738. The van der Waals surface area contributed by atoms with Gasteiger partial charge in [0.2, 0.25) is 0 Å². The monoisotopic (exact) mass is 460 g/mol. The molecular weight excluding hydrogens is 416 g/mol. The second kappa shape index (κ2) is 14.5. The Kier molecular flexibility index (Phi) is 12.1. The molecular formula is C28H44O5. The first kappa shape index (κ1) is 27.5. The summed E-state index contributed by atoms with van der Waals surface area (Å²) >= 11 is 0. The minimum Gasteiger partial charge on any atom is -0.454 e. The van der Waals surface area contributed by atoms with E-state index in [1.54, 1.807) is 13.2 Å². The van der Waals surface area contributed by atoms with Gasteiger partial charge in [0.15, 0.2) is 0 Å². The molecule has 186 valence electrons. The molecule has 0 spiro atoms. The summed E-state index contributed by atoms with van der Waals surface area (Å²) in [5, 5.41) is 10.8. The average molecular weight is 461 g/mol. The zero-order valence-corrected chi connectivity index (χ0v) is 21.0. The van der Waals surface area contributed by atoms with Crippen LogP contribution in [-0.2, 0) is 19.1 Å². The van der Waals surface area contributed by atoms with Crippen LogP contribution in [0.5, 0.6) is 0 Å². The number of hydrogen-bond acceptors (Lipinski definition) is 5. The Morgan fingerprint density at radius 3 is 2.61 bits per heavy atom. The Morgan fingerprint density at radius 2 is 1.91 bits per heavy atom. The van der Waals surface area contributed by atoms with Gasteiger partial charge in [-0.2, -0.15) is 0 Å². The summed E-state index contributed by atoms with van der Waals surface area (Å²) in [5.41, 5.74) is 0.785. The average Bonchev–Trinajstić information content (AvgIpc) is 2.81. The summed E-state index contributed by atoms with van der Waals surface area (Å²) in [4.78, 5) is 25.5. The second-order valence-electron chi connectivity index (χ2n) is 9.88. The zero-order chi connectivity index (χ0) is 24.2. The smallest absolute Gasteiger partial charge is 0.331 e. The fraction of sp³-hybridized carbons (Fsp3) is 0.714. The Balaban J connectivity index is 2.12. The zero-order valence-electron chi connectivity index (χ0n) is 21.0. The van der Waals surface area contributed by atoms with Gasteiger partial charge in [-0.1, -0.05) is 76.7 Å². The summed E-state index contributed by atoms with van der Waals surface area (Å²) in [6.07, 6.45) is 17.7. The lowest BCUT2D eigenvalue weighted by molar-refractivity contribution is -0.145. The minimum absolute atomic E-state index is 0.132. The molecule has 1 heterocycles. The van der Waals surface area contributed by atoms with Crippen LogP contribution in [0.4, 0.5) is 0 Å². The highest BCUT2D eigenvalue weighted by Gasteiger charge is 2.30. The maximum absolute atomic E-state index is 13.0. The van der Waals surface area contributed by atoms with Crippen molar-refractivity contribution in [2.45, 2.75) is 103 Å². The van der Waals surface area contributed by atoms with E-state index >= 15 is 0 Å². The lowest BCUT2D eigenvalue weighted by Gasteiger charge is -2.27. The fourth-order valence-corrected chi connectivity index (χ4v) is 5.03. The third kappa shape index (κ3) is 9.21. The Morgan fingerprint density at radius 1 is 1.21 bits per heavy atom. The van der Waals surface area contributed by atoms with Gasteiger partial charge in [-0.3, -0.25) is 4.79 Å². The summed E-state index contributed by atoms with van der Waals surface area (Å²) in [7, 11) is 1.59. The molecule has 0 aromatic heterocycles. The van der Waals surface area contributed by atoms with Crippen LogP contribution in [-0.4, -0.2) is 42.3 Å². The number of aliphatic hydroxyl groups is 1. The highest BCUT2D eigenvalue weighted by atomic mass is 16.5. The Bertz CT molecular complexity index is 701. The van der Waals surface area contributed by atoms with Crippen molar-refractivity contribution >= 4 is 11.8 Å². The van der Waals surface area contributed by atoms with Crippen LogP contribution in [0.25, 0.3) is 0 Å². The molecule has 0 saturated heterocycles. The van der Waals surface area contributed by atoms with E-state index in [2.05, 4.69) is 0 Å². The number of cyclic esters (lactones) is 1. The van der Waals surface area contributed by atoms with Gasteiger partial charge in [0.05, 0.1) is 12.0 Å². The number of carbonyl (C=O) groups is 2. The number of ether oxygens (including phenoxy) is 2. The van der Waals surface area contributed by atoms with Gasteiger partial charge in [0, 0.05) is 25.5 Å². The first-order chi connectivity index (χ1) is 15.8. The molecule has 0 bridgehead atoms. The number of esters is 1. The van der Waals surface area contributed by atoms with Crippen molar-refractivity contribution in [2.75, 3.05) is 7.11 Å². The maximum atomic E-state index is 13.0. The molecule has 5 heteroatoms. The van der Waals surface area contributed by atoms with E-state index in [9.17, 15) is 14.7 Å². The van der Waals surface area contributed by atoms with Gasteiger partial charge in [0.25, 0.3) is 0 Å². The topological polar surface area (TPSA) is 72.8 Å². The quantitative estimate of drug-likeness (QED) is 0.389. The van der Waals surface area contributed by atoms with Crippen LogP contribution in [0.15, 0.2) is 36.0 Å². The fourth-order valence-electron chi connectivity index (χ4n) is 5.03. The SMILES string of the molecule is CO[C@H]1C=CCCC=CC(=O)O[C@@H]([C@@H](C)C(=O)CCCC2CCCCC2)C(C)=C[C@H](C)[C@H]1O. The predicted molar refractivity (Wildman–Crippen MR) is 132 cm³/mol. The molecule has 0 aromatic rings. The van der Waals surface area contributed by atoms with E-state index in [4.69, 9.17) is 9.47 Å². The van der Waals surface area contributed by atoms with Crippen molar-refractivity contribution in [1.29, 1.82) is 0 Å². The van der Waals surface area contributed by atoms with Crippen LogP contribution >= 0.6 is 0 Å². The van der Waals surface area contributed by atoms with Gasteiger partial charge in [-0.25, -0.2) is 4.79 Å². The van der Waals surface area contributed by atoms with E-state index in [1.165, 1.54) is 38.2 Å². The molecule has 0 aromatic carbocycles. The molecule has 33 heavy (non-hydrogen) atoms. The highest BCUT2D eigenvalue weighted by molar-refractivity contribution is 5.84. The van der Waals surface area contributed by atoms with Crippen molar-refractivity contribution < 1.29 is 24.2 Å². The van der Waals surface area contributed by atoms with E-state index in [1.807, 2.05) is 39.0 Å². The number of Topliss-reactive ketones (excluding diaryl/α,β-unsaturated/α-hetero) is 1. The van der Waals surface area contributed by atoms with Crippen molar-refractivity contribution in [2.24, 2.45) is 17.8 Å². The van der Waals surface area contributed by atoms with Gasteiger partial charge in [-0.15, -0.1) is 0 Å². The molecule has 1 aliphatic carbocycles. The summed E-state index contributed by atoms with van der Waals surface area (Å²) in [6.45, 7) is 5.64. The van der Waals surface area contributed by atoms with Gasteiger partial charge in [-0.05, 0) is 37.7 Å². The predicted octanol–water partition coefficient (Wildman–Crippen LogP) is 5.72. The number of aliphatic hydroxyl groups excluding tert-OH is 1. The number of ketones is 1. The van der Waals surface area contributed by atoms with Crippen LogP contribution in [0.1, 0.15) is 85.0 Å². The summed E-state index contributed by atoms with van der Waals surface area (Å²) < 4.78 is 11.2. The van der Waals surface area contributed by atoms with Gasteiger partial charge in [0.1, 0.15) is 18.0 Å². The largest absolute Gasteiger partial charge is 0.454 e. The first-order valence-corrected chi connectivity index (χ1v) is 12.8. The standard InChI is InChI=1S/C28H44O5/c1-20-19-21(2)28(22(3)24(29)16-12-15-23-13-8-7-9-14-23)33-26(30)18-11-6-5-10-17-25(32-4)27(20)31/h10-11,17-20,22-23,25,27-28,31H,5-9,12-16H2,1-4H3/t20-,22-,25-,27+,28+/m0/s1. The lowest BCUT2D eigenvalue weighted by Crippen LogP contribution is -2.34. The van der Waals surface area contributed by atoms with Crippen molar-refractivity contribution in [1.82, 2.24) is 0 Å². The Labute approximate surface area is 200 Å². The van der Waals surface area contributed by atoms with Crippen LogP contribution in [0.3, 0.4) is 0 Å². The second-order valence-corrected chi connectivity index (χ2v) is 9.88. The highest BCUT2D eigenvalue weighted by Crippen LogP contribution is 2.29. The lowest BCUT2D eigenvalue weighted by atomic mass is 9.84. The number of allylic oxidation sites excluding steroid dienone is 2. The number of methoxy groups -OCH3 is 1.